The van der Waals surface area contributed by atoms with Crippen LogP contribution in [0.25, 0.3) is 0 Å². The second-order valence-electron chi connectivity index (χ2n) is 5.59. The summed E-state index contributed by atoms with van der Waals surface area (Å²) in [7, 11) is -3.44. The van der Waals surface area contributed by atoms with Crippen LogP contribution in [0.1, 0.15) is 38.2 Å². The third-order valence-corrected chi connectivity index (χ3v) is 6.40. The predicted octanol–water partition coefficient (Wildman–Crippen LogP) is 3.00. The standard InChI is InChI=1S/C15H23ClN2O2S/c1-2-3-12-6-8-18(9-7-12)21(19,20)14-5-4-13(11-17)15(16)10-14/h4-5,10,12H,2-3,6-9,11,17H2,1H3. The molecule has 6 heteroatoms. The molecule has 0 amide bonds. The molecule has 0 spiro atoms. The van der Waals surface area contributed by atoms with E-state index in [0.717, 1.165) is 24.8 Å². The van der Waals surface area contributed by atoms with Gasteiger partial charge in [0, 0.05) is 24.7 Å². The van der Waals surface area contributed by atoms with Crippen LogP contribution in [0.5, 0.6) is 0 Å². The summed E-state index contributed by atoms with van der Waals surface area (Å²) in [4.78, 5) is 0.263. The van der Waals surface area contributed by atoms with E-state index < -0.39 is 10.0 Å². The minimum atomic E-state index is -3.44. The summed E-state index contributed by atoms with van der Waals surface area (Å²) in [5.41, 5.74) is 6.31. The molecule has 1 heterocycles. The zero-order chi connectivity index (χ0) is 15.5. The van der Waals surface area contributed by atoms with Crippen LogP contribution in [0.4, 0.5) is 0 Å². The Labute approximate surface area is 132 Å². The molecule has 2 N–H and O–H groups in total. The lowest BCUT2D eigenvalue weighted by atomic mass is 9.94. The van der Waals surface area contributed by atoms with Crippen molar-refractivity contribution in [2.24, 2.45) is 11.7 Å². The summed E-state index contributed by atoms with van der Waals surface area (Å²) < 4.78 is 26.9. The van der Waals surface area contributed by atoms with Gasteiger partial charge in [0.1, 0.15) is 0 Å². The van der Waals surface area contributed by atoms with Gasteiger partial charge in [-0.3, -0.25) is 0 Å². The highest BCUT2D eigenvalue weighted by atomic mass is 35.5. The predicted molar refractivity (Wildman–Crippen MR) is 85.7 cm³/mol. The van der Waals surface area contributed by atoms with Crippen LogP contribution >= 0.6 is 11.6 Å². The fourth-order valence-corrected chi connectivity index (χ4v) is 4.67. The summed E-state index contributed by atoms with van der Waals surface area (Å²) in [5, 5.41) is 0.416. The molecule has 21 heavy (non-hydrogen) atoms. The zero-order valence-corrected chi connectivity index (χ0v) is 14.0. The highest BCUT2D eigenvalue weighted by molar-refractivity contribution is 7.89. The van der Waals surface area contributed by atoms with E-state index in [0.29, 0.717) is 30.6 Å². The van der Waals surface area contributed by atoms with Crippen molar-refractivity contribution in [2.45, 2.75) is 44.0 Å². The molecule has 4 nitrogen and oxygen atoms in total. The molecule has 118 valence electrons. The van der Waals surface area contributed by atoms with Gasteiger partial charge in [0.25, 0.3) is 0 Å². The van der Waals surface area contributed by atoms with Crippen molar-refractivity contribution in [3.8, 4) is 0 Å². The van der Waals surface area contributed by atoms with Crippen LogP contribution in [-0.2, 0) is 16.6 Å². The lowest BCUT2D eigenvalue weighted by molar-refractivity contribution is 0.262. The largest absolute Gasteiger partial charge is 0.326 e. The van der Waals surface area contributed by atoms with E-state index in [1.54, 1.807) is 16.4 Å². The van der Waals surface area contributed by atoms with E-state index in [9.17, 15) is 8.42 Å². The summed E-state index contributed by atoms with van der Waals surface area (Å²) in [6, 6.07) is 4.80. The highest BCUT2D eigenvalue weighted by Gasteiger charge is 2.29. The summed E-state index contributed by atoms with van der Waals surface area (Å²) in [6.45, 7) is 3.68. The molecule has 1 aromatic carbocycles. The van der Waals surface area contributed by atoms with Crippen LogP contribution < -0.4 is 5.73 Å². The highest BCUT2D eigenvalue weighted by Crippen LogP contribution is 2.28. The van der Waals surface area contributed by atoms with Gasteiger partial charge in [0.2, 0.25) is 10.0 Å². The first kappa shape index (κ1) is 16.7. The minimum absolute atomic E-state index is 0.263. The molecule has 0 aliphatic carbocycles. The number of hydrogen-bond donors (Lipinski definition) is 1. The van der Waals surface area contributed by atoms with E-state index in [-0.39, 0.29) is 4.90 Å². The molecule has 2 rings (SSSR count). The molecule has 1 aliphatic rings. The number of piperidine rings is 1. The fourth-order valence-electron chi connectivity index (χ4n) is 2.85. The van der Waals surface area contributed by atoms with Gasteiger partial charge in [-0.1, -0.05) is 37.4 Å². The Morgan fingerprint density at radius 2 is 2.00 bits per heavy atom. The first-order valence-electron chi connectivity index (χ1n) is 7.47. The van der Waals surface area contributed by atoms with Gasteiger partial charge in [-0.05, 0) is 36.5 Å². The molecule has 1 fully saturated rings. The number of rotatable bonds is 5. The molecule has 1 saturated heterocycles. The number of benzene rings is 1. The molecule has 1 aliphatic heterocycles. The Balaban J connectivity index is 2.14. The van der Waals surface area contributed by atoms with Crippen LogP contribution in [0.3, 0.4) is 0 Å². The van der Waals surface area contributed by atoms with Gasteiger partial charge in [-0.15, -0.1) is 0 Å². The van der Waals surface area contributed by atoms with Crippen molar-refractivity contribution in [1.29, 1.82) is 0 Å². The van der Waals surface area contributed by atoms with Crippen molar-refractivity contribution in [1.82, 2.24) is 4.31 Å². The molecule has 0 saturated carbocycles. The number of nitrogens with zero attached hydrogens (tertiary/aromatic N) is 1. The van der Waals surface area contributed by atoms with E-state index in [1.165, 1.54) is 12.5 Å². The number of nitrogens with two attached hydrogens (primary N) is 1. The SMILES string of the molecule is CCCC1CCN(S(=O)(=O)c2ccc(CN)c(Cl)c2)CC1. The number of halogens is 1. The van der Waals surface area contributed by atoms with E-state index in [1.807, 2.05) is 0 Å². The monoisotopic (exact) mass is 330 g/mol. The molecule has 0 atom stereocenters. The van der Waals surface area contributed by atoms with Gasteiger partial charge in [0.05, 0.1) is 4.90 Å². The fraction of sp³-hybridized carbons (Fsp3) is 0.600. The Morgan fingerprint density at radius 1 is 1.33 bits per heavy atom. The van der Waals surface area contributed by atoms with Crippen molar-refractivity contribution in [3.63, 3.8) is 0 Å². The average Bonchev–Trinajstić information content (AvgIpc) is 2.48. The topological polar surface area (TPSA) is 63.4 Å². The number of sulfonamides is 1. The second-order valence-corrected chi connectivity index (χ2v) is 7.94. The maximum atomic E-state index is 12.6. The lowest BCUT2D eigenvalue weighted by Gasteiger charge is -2.31. The third kappa shape index (κ3) is 3.77. The van der Waals surface area contributed by atoms with Crippen LogP contribution in [0, 0.1) is 5.92 Å². The zero-order valence-electron chi connectivity index (χ0n) is 12.4. The molecule has 0 unspecified atom stereocenters. The maximum absolute atomic E-state index is 12.6. The minimum Gasteiger partial charge on any atom is -0.326 e. The van der Waals surface area contributed by atoms with Gasteiger partial charge < -0.3 is 5.73 Å². The first-order valence-corrected chi connectivity index (χ1v) is 9.29. The maximum Gasteiger partial charge on any atom is 0.243 e. The lowest BCUT2D eigenvalue weighted by Crippen LogP contribution is -2.38. The van der Waals surface area contributed by atoms with E-state index in [2.05, 4.69) is 6.92 Å². The average molecular weight is 331 g/mol. The molecule has 0 bridgehead atoms. The van der Waals surface area contributed by atoms with Crippen LogP contribution in [-0.4, -0.2) is 25.8 Å². The first-order chi connectivity index (χ1) is 9.98. The van der Waals surface area contributed by atoms with Gasteiger partial charge in [0.15, 0.2) is 0 Å². The van der Waals surface area contributed by atoms with Crippen LogP contribution in [0.2, 0.25) is 5.02 Å². The quantitative estimate of drug-likeness (QED) is 0.902. The Bertz CT molecular complexity index is 581. The van der Waals surface area contributed by atoms with E-state index in [4.69, 9.17) is 17.3 Å². The van der Waals surface area contributed by atoms with Crippen molar-refractivity contribution in [2.75, 3.05) is 13.1 Å². The van der Waals surface area contributed by atoms with Crippen molar-refractivity contribution in [3.05, 3.63) is 28.8 Å². The smallest absolute Gasteiger partial charge is 0.243 e. The van der Waals surface area contributed by atoms with Crippen molar-refractivity contribution < 1.29 is 8.42 Å². The van der Waals surface area contributed by atoms with Crippen molar-refractivity contribution >= 4 is 21.6 Å². The molecule has 0 aromatic heterocycles. The molecule has 0 radical (unpaired) electrons. The summed E-state index contributed by atoms with van der Waals surface area (Å²) in [5.74, 6) is 0.657. The third-order valence-electron chi connectivity index (χ3n) is 4.15. The van der Waals surface area contributed by atoms with Crippen LogP contribution in [0.15, 0.2) is 23.1 Å². The number of hydrogen-bond acceptors (Lipinski definition) is 3. The van der Waals surface area contributed by atoms with Gasteiger partial charge in [-0.2, -0.15) is 4.31 Å². The van der Waals surface area contributed by atoms with E-state index >= 15 is 0 Å². The normalized spacial score (nSPS) is 18.0. The summed E-state index contributed by atoms with van der Waals surface area (Å²) >= 11 is 6.08. The Kier molecular flexibility index (Phi) is 5.66. The Morgan fingerprint density at radius 3 is 2.52 bits per heavy atom. The summed E-state index contributed by atoms with van der Waals surface area (Å²) in [6.07, 6.45) is 4.24. The van der Waals surface area contributed by atoms with Gasteiger partial charge >= 0.3 is 0 Å². The molecule has 1 aromatic rings. The molecular weight excluding hydrogens is 308 g/mol. The Hall–Kier alpha value is -0.620. The van der Waals surface area contributed by atoms with Gasteiger partial charge in [-0.25, -0.2) is 8.42 Å². The molecular formula is C15H23ClN2O2S. The second kappa shape index (κ2) is 7.09.